The van der Waals surface area contributed by atoms with Gasteiger partial charge in [-0.3, -0.25) is 0 Å². The molecule has 0 aromatic heterocycles. The van der Waals surface area contributed by atoms with Gasteiger partial charge in [-0.25, -0.2) is 0 Å². The number of hydrogen-bond acceptors (Lipinski definition) is 1. The van der Waals surface area contributed by atoms with E-state index in [2.05, 4.69) is 0 Å². The van der Waals surface area contributed by atoms with Gasteiger partial charge in [0, 0.05) is 0 Å². The Hall–Kier alpha value is -0.250. The average molecular weight is 154 g/mol. The predicted molar refractivity (Wildman–Crippen MR) is 29.4 cm³/mol. The van der Waals surface area contributed by atoms with Crippen molar-refractivity contribution in [3.05, 3.63) is 0 Å². The van der Waals surface area contributed by atoms with Crippen molar-refractivity contribution in [1.29, 1.82) is 0 Å². The van der Waals surface area contributed by atoms with Gasteiger partial charge in [0.2, 0.25) is 0 Å². The molecule has 1 nitrogen and oxygen atoms in total. The maximum atomic E-state index is 11.7. The second-order valence-electron chi connectivity index (χ2n) is 2.68. The first-order valence-corrected chi connectivity index (χ1v) is 3.26. The fourth-order valence-electron chi connectivity index (χ4n) is 1.02. The number of rotatable bonds is 1. The van der Waals surface area contributed by atoms with Crippen LogP contribution in [0.15, 0.2) is 0 Å². The Morgan fingerprint density at radius 1 is 1.30 bits per heavy atom. The highest BCUT2D eigenvalue weighted by Gasteiger charge is 2.45. The van der Waals surface area contributed by atoms with E-state index in [1.54, 1.807) is 0 Å². The molecule has 0 radical (unpaired) electrons. The minimum absolute atomic E-state index is 0.515. The molecule has 1 fully saturated rings. The lowest BCUT2D eigenvalue weighted by atomic mass is 9.81. The molecule has 0 aliphatic heterocycles. The zero-order chi connectivity index (χ0) is 7.78. The molecular weight excluding hydrogens is 145 g/mol. The quantitative estimate of drug-likeness (QED) is 0.609. The summed E-state index contributed by atoms with van der Waals surface area (Å²) in [6.07, 6.45) is -4.65. The van der Waals surface area contributed by atoms with Crippen LogP contribution in [0.2, 0.25) is 0 Å². The minimum Gasteiger partial charge on any atom is -0.383 e. The van der Waals surface area contributed by atoms with Crippen LogP contribution in [0, 0.1) is 5.92 Å². The molecule has 4 heteroatoms. The van der Waals surface area contributed by atoms with Crippen molar-refractivity contribution in [2.75, 3.05) is 0 Å². The minimum atomic E-state index is -4.41. The largest absolute Gasteiger partial charge is 0.414 e. The molecular formula is C6H9F3O. The third-order valence-corrected chi connectivity index (χ3v) is 1.93. The van der Waals surface area contributed by atoms with Crippen LogP contribution in [0.1, 0.15) is 19.3 Å². The number of halogens is 3. The summed E-state index contributed by atoms with van der Waals surface area (Å²) in [5.74, 6) is -0.528. The van der Waals surface area contributed by atoms with E-state index in [0.29, 0.717) is 12.8 Å². The van der Waals surface area contributed by atoms with Crippen LogP contribution in [0.25, 0.3) is 0 Å². The van der Waals surface area contributed by atoms with Crippen molar-refractivity contribution in [3.8, 4) is 0 Å². The Bertz CT molecular complexity index is 117. The third kappa shape index (κ3) is 1.42. The SMILES string of the molecule is OC(C1CCC1)C(F)(F)F. The maximum Gasteiger partial charge on any atom is 0.414 e. The Kier molecular flexibility index (Phi) is 1.90. The predicted octanol–water partition coefficient (Wildman–Crippen LogP) is 1.71. The molecule has 10 heavy (non-hydrogen) atoms. The molecule has 0 aromatic rings. The maximum absolute atomic E-state index is 11.7. The first kappa shape index (κ1) is 7.85. The second-order valence-corrected chi connectivity index (χ2v) is 2.68. The highest BCUT2D eigenvalue weighted by molar-refractivity contribution is 4.81. The normalized spacial score (nSPS) is 24.0. The van der Waals surface area contributed by atoms with Crippen LogP contribution in [0.4, 0.5) is 13.2 Å². The molecule has 0 bridgehead atoms. The fraction of sp³-hybridized carbons (Fsp3) is 1.00. The van der Waals surface area contributed by atoms with Gasteiger partial charge < -0.3 is 5.11 Å². The van der Waals surface area contributed by atoms with E-state index < -0.39 is 18.2 Å². The van der Waals surface area contributed by atoms with Gasteiger partial charge in [0.15, 0.2) is 6.10 Å². The summed E-state index contributed by atoms with van der Waals surface area (Å²) in [7, 11) is 0. The van der Waals surface area contributed by atoms with Crippen molar-refractivity contribution in [2.45, 2.75) is 31.5 Å². The van der Waals surface area contributed by atoms with Crippen LogP contribution in [-0.2, 0) is 0 Å². The van der Waals surface area contributed by atoms with Gasteiger partial charge in [0.1, 0.15) is 0 Å². The van der Waals surface area contributed by atoms with Crippen LogP contribution in [0.5, 0.6) is 0 Å². The highest BCUT2D eigenvalue weighted by Crippen LogP contribution is 2.36. The van der Waals surface area contributed by atoms with Crippen molar-refractivity contribution >= 4 is 0 Å². The van der Waals surface area contributed by atoms with Crippen molar-refractivity contribution < 1.29 is 18.3 Å². The lowest BCUT2D eigenvalue weighted by molar-refractivity contribution is -0.226. The zero-order valence-corrected chi connectivity index (χ0v) is 5.36. The molecule has 1 N–H and O–H groups in total. The molecule has 1 saturated carbocycles. The Morgan fingerprint density at radius 2 is 1.80 bits per heavy atom. The number of aliphatic hydroxyl groups is 1. The van der Waals surface area contributed by atoms with Crippen LogP contribution < -0.4 is 0 Å². The standard InChI is InChI=1S/C6H9F3O/c7-6(8,9)5(10)4-2-1-3-4/h4-5,10H,1-3H2. The Balaban J connectivity index is 2.39. The second kappa shape index (κ2) is 2.42. The molecule has 0 saturated heterocycles. The Labute approximate surface area is 56.8 Å². The van der Waals surface area contributed by atoms with Gasteiger partial charge in [0.25, 0.3) is 0 Å². The first-order valence-electron chi connectivity index (χ1n) is 3.26. The Morgan fingerprint density at radius 3 is 1.90 bits per heavy atom. The number of aliphatic hydroxyl groups excluding tert-OH is 1. The molecule has 1 aliphatic carbocycles. The molecule has 1 atom stereocenters. The molecule has 0 aromatic carbocycles. The van der Waals surface area contributed by atoms with Crippen molar-refractivity contribution in [3.63, 3.8) is 0 Å². The van der Waals surface area contributed by atoms with Gasteiger partial charge >= 0.3 is 6.18 Å². The lowest BCUT2D eigenvalue weighted by Gasteiger charge is -2.31. The van der Waals surface area contributed by atoms with Crippen molar-refractivity contribution in [1.82, 2.24) is 0 Å². The van der Waals surface area contributed by atoms with Crippen molar-refractivity contribution in [2.24, 2.45) is 5.92 Å². The molecule has 60 valence electrons. The summed E-state index contributed by atoms with van der Waals surface area (Å²) in [6, 6.07) is 0. The van der Waals surface area contributed by atoms with E-state index >= 15 is 0 Å². The smallest absolute Gasteiger partial charge is 0.383 e. The monoisotopic (exact) mass is 154 g/mol. The average Bonchev–Trinajstić information content (AvgIpc) is 1.57. The van der Waals surface area contributed by atoms with Gasteiger partial charge in [-0.15, -0.1) is 0 Å². The van der Waals surface area contributed by atoms with Crippen LogP contribution in [-0.4, -0.2) is 17.4 Å². The molecule has 0 amide bonds. The van der Waals surface area contributed by atoms with Crippen LogP contribution in [0.3, 0.4) is 0 Å². The molecule has 0 spiro atoms. The molecule has 1 aliphatic rings. The highest BCUT2D eigenvalue weighted by atomic mass is 19.4. The van der Waals surface area contributed by atoms with Gasteiger partial charge in [-0.05, 0) is 18.8 Å². The fourth-order valence-corrected chi connectivity index (χ4v) is 1.02. The van der Waals surface area contributed by atoms with Crippen LogP contribution >= 0.6 is 0 Å². The zero-order valence-electron chi connectivity index (χ0n) is 5.36. The summed E-state index contributed by atoms with van der Waals surface area (Å²) < 4.78 is 35.0. The molecule has 1 rings (SSSR count). The molecule has 1 unspecified atom stereocenters. The summed E-state index contributed by atoms with van der Waals surface area (Å²) in [6.45, 7) is 0. The molecule has 0 heterocycles. The van der Waals surface area contributed by atoms with Gasteiger partial charge in [-0.2, -0.15) is 13.2 Å². The summed E-state index contributed by atoms with van der Waals surface area (Å²) >= 11 is 0. The van der Waals surface area contributed by atoms with Gasteiger partial charge in [0.05, 0.1) is 0 Å². The van der Waals surface area contributed by atoms with E-state index in [9.17, 15) is 13.2 Å². The first-order chi connectivity index (χ1) is 4.52. The lowest BCUT2D eigenvalue weighted by Crippen LogP contribution is -2.39. The van der Waals surface area contributed by atoms with E-state index in [-0.39, 0.29) is 0 Å². The summed E-state index contributed by atoms with van der Waals surface area (Å²) in [4.78, 5) is 0. The van der Waals surface area contributed by atoms with Gasteiger partial charge in [-0.1, -0.05) is 6.42 Å². The number of alkyl halides is 3. The number of hydrogen-bond donors (Lipinski definition) is 1. The van der Waals surface area contributed by atoms with E-state index in [4.69, 9.17) is 5.11 Å². The van der Waals surface area contributed by atoms with E-state index in [0.717, 1.165) is 6.42 Å². The van der Waals surface area contributed by atoms with E-state index in [1.165, 1.54) is 0 Å². The topological polar surface area (TPSA) is 20.2 Å². The summed E-state index contributed by atoms with van der Waals surface area (Å²) in [5, 5.41) is 8.58. The third-order valence-electron chi connectivity index (χ3n) is 1.93. The van der Waals surface area contributed by atoms with E-state index in [1.807, 2.05) is 0 Å². The summed E-state index contributed by atoms with van der Waals surface area (Å²) in [5.41, 5.74) is 0.